The van der Waals surface area contributed by atoms with Crippen molar-refractivity contribution in [2.45, 2.75) is 0 Å². The predicted molar refractivity (Wildman–Crippen MR) is 116 cm³/mol. The topological polar surface area (TPSA) is 86.4 Å². The van der Waals surface area contributed by atoms with E-state index in [1.807, 2.05) is 55.4 Å². The minimum atomic E-state index is -0.198. The summed E-state index contributed by atoms with van der Waals surface area (Å²) in [6, 6.07) is 11.7. The smallest absolute Gasteiger partial charge is 0.263 e. The second-order valence-corrected chi connectivity index (χ2v) is 7.33. The summed E-state index contributed by atoms with van der Waals surface area (Å²) in [6.07, 6.45) is 0. The van der Waals surface area contributed by atoms with Gasteiger partial charge in [0.25, 0.3) is 5.56 Å². The molecule has 2 N–H and O–H groups in total. The molecule has 0 saturated carbocycles. The van der Waals surface area contributed by atoms with Crippen molar-refractivity contribution in [2.75, 3.05) is 63.7 Å². The monoisotopic (exact) mass is 394 g/mol. The Balaban J connectivity index is 1.76. The summed E-state index contributed by atoms with van der Waals surface area (Å²) in [7, 11) is 4.02. The number of H-pyrrole nitrogens is 1. The maximum atomic E-state index is 13.1. The van der Waals surface area contributed by atoms with Gasteiger partial charge >= 0.3 is 0 Å². The maximum absolute atomic E-state index is 13.1. The maximum Gasteiger partial charge on any atom is 0.263 e. The van der Waals surface area contributed by atoms with Gasteiger partial charge in [-0.2, -0.15) is 4.98 Å². The van der Waals surface area contributed by atoms with Crippen molar-refractivity contribution in [3.8, 4) is 11.3 Å². The number of aromatic amines is 1. The van der Waals surface area contributed by atoms with E-state index in [4.69, 9.17) is 14.7 Å². The average molecular weight is 394 g/mol. The number of likely N-dealkylation sites (N-methyl/N-ethyl adjacent to an activating group) is 1. The van der Waals surface area contributed by atoms with Crippen LogP contribution < -0.4 is 15.8 Å². The van der Waals surface area contributed by atoms with Gasteiger partial charge < -0.3 is 19.9 Å². The van der Waals surface area contributed by atoms with E-state index in [0.717, 1.165) is 17.4 Å². The van der Waals surface area contributed by atoms with Crippen LogP contribution in [-0.2, 0) is 4.74 Å². The molecule has 1 fully saturated rings. The van der Waals surface area contributed by atoms with Gasteiger partial charge in [-0.1, -0.05) is 24.3 Å². The molecule has 152 valence electrons. The molecular weight excluding hydrogens is 368 g/mol. The molecule has 0 amide bonds. The molecule has 0 unspecified atom stereocenters. The Bertz CT molecular complexity index is 1040. The molecule has 3 aromatic rings. The zero-order valence-electron chi connectivity index (χ0n) is 16.8. The number of nitrogens with zero attached hydrogens (tertiary/aromatic N) is 4. The van der Waals surface area contributed by atoms with Gasteiger partial charge in [0.1, 0.15) is 11.4 Å². The van der Waals surface area contributed by atoms with Crippen LogP contribution in [0, 0.1) is 0 Å². The molecule has 0 spiro atoms. The largest absolute Gasteiger partial charge is 0.378 e. The van der Waals surface area contributed by atoms with Crippen LogP contribution in [0.1, 0.15) is 0 Å². The van der Waals surface area contributed by atoms with Crippen molar-refractivity contribution >= 4 is 22.7 Å². The molecule has 8 nitrogen and oxygen atoms in total. The van der Waals surface area contributed by atoms with Crippen LogP contribution >= 0.6 is 0 Å². The number of rotatable bonds is 6. The van der Waals surface area contributed by atoms with Crippen LogP contribution in [0.15, 0.2) is 41.2 Å². The first-order chi connectivity index (χ1) is 14.1. The standard InChI is InChI=1S/C21H26N6O2/c1-26(2)10-9-22-19-18(17-8-7-15-5-3-4-6-16(15)23-17)20(28)25-21(24-19)27-11-13-29-14-12-27/h3-8H,9-14H2,1-2H3,(H2,22,24,25,28). The zero-order valence-corrected chi connectivity index (χ0v) is 16.8. The molecule has 0 radical (unpaired) electrons. The molecule has 0 aliphatic carbocycles. The fourth-order valence-electron chi connectivity index (χ4n) is 3.35. The van der Waals surface area contributed by atoms with E-state index in [1.54, 1.807) is 0 Å². The van der Waals surface area contributed by atoms with E-state index in [9.17, 15) is 4.79 Å². The van der Waals surface area contributed by atoms with E-state index >= 15 is 0 Å². The number of para-hydroxylation sites is 1. The molecule has 0 bridgehead atoms. The van der Waals surface area contributed by atoms with Crippen LogP contribution in [0.3, 0.4) is 0 Å². The Morgan fingerprint density at radius 3 is 2.72 bits per heavy atom. The molecule has 4 rings (SSSR count). The Kier molecular flexibility index (Phi) is 5.73. The van der Waals surface area contributed by atoms with Crippen LogP contribution in [0.5, 0.6) is 0 Å². The molecule has 1 saturated heterocycles. The van der Waals surface area contributed by atoms with E-state index < -0.39 is 0 Å². The number of ether oxygens (including phenoxy) is 1. The highest BCUT2D eigenvalue weighted by molar-refractivity contribution is 5.83. The highest BCUT2D eigenvalue weighted by atomic mass is 16.5. The number of nitrogens with one attached hydrogen (secondary N) is 2. The lowest BCUT2D eigenvalue weighted by Gasteiger charge is -2.27. The van der Waals surface area contributed by atoms with Crippen LogP contribution in [0.25, 0.3) is 22.2 Å². The van der Waals surface area contributed by atoms with Gasteiger partial charge in [0.05, 0.1) is 24.4 Å². The van der Waals surface area contributed by atoms with Gasteiger partial charge in [0.15, 0.2) is 0 Å². The number of pyridine rings is 1. The summed E-state index contributed by atoms with van der Waals surface area (Å²) in [5, 5.41) is 4.38. The Labute approximate surface area is 169 Å². The number of anilines is 2. The minimum absolute atomic E-state index is 0.198. The number of fused-ring (bicyclic) bond motifs is 1. The summed E-state index contributed by atoms with van der Waals surface area (Å²) in [4.78, 5) is 29.6. The number of hydrogen-bond donors (Lipinski definition) is 2. The Morgan fingerprint density at radius 1 is 1.14 bits per heavy atom. The fourth-order valence-corrected chi connectivity index (χ4v) is 3.35. The number of morpholine rings is 1. The van der Waals surface area contributed by atoms with Crippen molar-refractivity contribution in [3.05, 3.63) is 46.8 Å². The molecule has 1 aromatic carbocycles. The molecule has 1 aliphatic heterocycles. The minimum Gasteiger partial charge on any atom is -0.378 e. The van der Waals surface area contributed by atoms with E-state index in [2.05, 4.69) is 15.2 Å². The SMILES string of the molecule is CN(C)CCNc1nc(N2CCOCC2)[nH]c(=O)c1-c1ccc2ccccc2n1. The van der Waals surface area contributed by atoms with Gasteiger partial charge in [-0.25, -0.2) is 4.98 Å². The fraction of sp³-hybridized carbons (Fsp3) is 0.381. The lowest BCUT2D eigenvalue weighted by molar-refractivity contribution is 0.122. The van der Waals surface area contributed by atoms with Gasteiger partial charge in [-0.3, -0.25) is 9.78 Å². The summed E-state index contributed by atoms with van der Waals surface area (Å²) >= 11 is 0. The molecule has 1 aliphatic rings. The van der Waals surface area contributed by atoms with Gasteiger partial charge in [0.2, 0.25) is 5.95 Å². The van der Waals surface area contributed by atoms with Crippen molar-refractivity contribution in [1.82, 2.24) is 19.9 Å². The first kappa shape index (κ1) is 19.4. The van der Waals surface area contributed by atoms with Crippen molar-refractivity contribution in [2.24, 2.45) is 0 Å². The van der Waals surface area contributed by atoms with Crippen molar-refractivity contribution in [3.63, 3.8) is 0 Å². The molecule has 0 atom stereocenters. The molecule has 3 heterocycles. The lowest BCUT2D eigenvalue weighted by Crippen LogP contribution is -2.38. The molecular formula is C21H26N6O2. The van der Waals surface area contributed by atoms with Gasteiger partial charge in [-0.05, 0) is 26.2 Å². The van der Waals surface area contributed by atoms with Gasteiger partial charge in [0, 0.05) is 31.6 Å². The Morgan fingerprint density at radius 2 is 1.93 bits per heavy atom. The summed E-state index contributed by atoms with van der Waals surface area (Å²) in [6.45, 7) is 4.15. The van der Waals surface area contributed by atoms with E-state index in [1.165, 1.54) is 0 Å². The third-order valence-corrected chi connectivity index (χ3v) is 4.92. The summed E-state index contributed by atoms with van der Waals surface area (Å²) in [5.74, 6) is 1.12. The third-order valence-electron chi connectivity index (χ3n) is 4.92. The number of benzene rings is 1. The predicted octanol–water partition coefficient (Wildman–Crippen LogP) is 1.80. The highest BCUT2D eigenvalue weighted by Crippen LogP contribution is 2.25. The number of hydrogen-bond acceptors (Lipinski definition) is 7. The van der Waals surface area contributed by atoms with Gasteiger partial charge in [-0.15, -0.1) is 0 Å². The average Bonchev–Trinajstić information content (AvgIpc) is 2.73. The quantitative estimate of drug-likeness (QED) is 0.659. The van der Waals surface area contributed by atoms with E-state index in [0.29, 0.717) is 55.9 Å². The summed E-state index contributed by atoms with van der Waals surface area (Å²) < 4.78 is 5.41. The third kappa shape index (κ3) is 4.38. The lowest BCUT2D eigenvalue weighted by atomic mass is 10.1. The second kappa shape index (κ2) is 8.59. The Hall–Kier alpha value is -2.97. The second-order valence-electron chi connectivity index (χ2n) is 7.33. The molecule has 29 heavy (non-hydrogen) atoms. The first-order valence-electron chi connectivity index (χ1n) is 9.83. The molecule has 8 heteroatoms. The van der Waals surface area contributed by atoms with E-state index in [-0.39, 0.29) is 5.56 Å². The highest BCUT2D eigenvalue weighted by Gasteiger charge is 2.19. The van der Waals surface area contributed by atoms with Crippen molar-refractivity contribution < 1.29 is 4.74 Å². The van der Waals surface area contributed by atoms with Crippen molar-refractivity contribution in [1.29, 1.82) is 0 Å². The number of aromatic nitrogens is 3. The van der Waals surface area contributed by atoms with Crippen LogP contribution in [0.4, 0.5) is 11.8 Å². The normalized spacial score (nSPS) is 14.5. The molecule has 2 aromatic heterocycles. The van der Waals surface area contributed by atoms with Crippen LogP contribution in [0.2, 0.25) is 0 Å². The first-order valence-corrected chi connectivity index (χ1v) is 9.83. The summed E-state index contributed by atoms with van der Waals surface area (Å²) in [5.41, 5.74) is 1.72. The van der Waals surface area contributed by atoms with Crippen LogP contribution in [-0.4, -0.2) is 73.3 Å². The zero-order chi connectivity index (χ0) is 20.2.